The zero-order valence-electron chi connectivity index (χ0n) is 11.3. The Hall–Kier alpha value is -0.770. The average Bonchev–Trinajstić information content (AvgIpc) is 2.27. The van der Waals surface area contributed by atoms with Crippen molar-refractivity contribution in [3.63, 3.8) is 0 Å². The molecule has 0 fully saturated rings. The van der Waals surface area contributed by atoms with Crippen LogP contribution in [-0.4, -0.2) is 24.8 Å². The van der Waals surface area contributed by atoms with E-state index in [9.17, 15) is 4.79 Å². The Kier molecular flexibility index (Phi) is 6.11. The lowest BCUT2D eigenvalue weighted by Gasteiger charge is -2.19. The standard InChI is InChI=1S/C14H18Cl2O3/c1-14(2,3)19-13(17)9-18-7-6-10-4-5-11(15)12(16)8-10/h4-5,8H,6-7,9H2,1-3H3. The summed E-state index contributed by atoms with van der Waals surface area (Å²) in [5.41, 5.74) is 0.531. The molecule has 0 aliphatic heterocycles. The molecule has 0 heterocycles. The van der Waals surface area contributed by atoms with Crippen LogP contribution in [0.2, 0.25) is 10.0 Å². The fourth-order valence-corrected chi connectivity index (χ4v) is 1.73. The van der Waals surface area contributed by atoms with Crippen molar-refractivity contribution in [3.8, 4) is 0 Å². The largest absolute Gasteiger partial charge is 0.458 e. The topological polar surface area (TPSA) is 35.5 Å². The molecular formula is C14H18Cl2O3. The lowest BCUT2D eigenvalue weighted by atomic mass is 10.2. The fraction of sp³-hybridized carbons (Fsp3) is 0.500. The van der Waals surface area contributed by atoms with Gasteiger partial charge in [0.1, 0.15) is 12.2 Å². The van der Waals surface area contributed by atoms with Crippen molar-refractivity contribution in [2.24, 2.45) is 0 Å². The predicted octanol–water partition coefficient (Wildman–Crippen LogP) is 3.89. The molecule has 0 amide bonds. The summed E-state index contributed by atoms with van der Waals surface area (Å²) >= 11 is 11.7. The van der Waals surface area contributed by atoms with Crippen LogP contribution >= 0.6 is 23.2 Å². The number of benzene rings is 1. The van der Waals surface area contributed by atoms with E-state index in [4.69, 9.17) is 32.7 Å². The summed E-state index contributed by atoms with van der Waals surface area (Å²) in [7, 11) is 0. The number of hydrogen-bond acceptors (Lipinski definition) is 3. The highest BCUT2D eigenvalue weighted by molar-refractivity contribution is 6.42. The van der Waals surface area contributed by atoms with E-state index in [-0.39, 0.29) is 12.6 Å². The third-order valence-electron chi connectivity index (χ3n) is 2.16. The minimum absolute atomic E-state index is 0.0431. The average molecular weight is 305 g/mol. The number of halogens is 2. The maximum absolute atomic E-state index is 11.4. The van der Waals surface area contributed by atoms with E-state index >= 15 is 0 Å². The third-order valence-corrected chi connectivity index (χ3v) is 2.90. The molecule has 0 aromatic heterocycles. The van der Waals surface area contributed by atoms with Crippen LogP contribution in [0, 0.1) is 0 Å². The maximum Gasteiger partial charge on any atom is 0.332 e. The number of hydrogen-bond donors (Lipinski definition) is 0. The summed E-state index contributed by atoms with van der Waals surface area (Å²) < 4.78 is 10.4. The summed E-state index contributed by atoms with van der Waals surface area (Å²) in [6.45, 7) is 5.84. The third kappa shape index (κ3) is 6.81. The van der Waals surface area contributed by atoms with Gasteiger partial charge in [0.05, 0.1) is 16.7 Å². The summed E-state index contributed by atoms with van der Waals surface area (Å²) in [5.74, 6) is -0.360. The second kappa shape index (κ2) is 7.13. The van der Waals surface area contributed by atoms with Gasteiger partial charge < -0.3 is 9.47 Å². The Morgan fingerprint density at radius 2 is 1.89 bits per heavy atom. The monoisotopic (exact) mass is 304 g/mol. The minimum Gasteiger partial charge on any atom is -0.458 e. The van der Waals surface area contributed by atoms with Crippen molar-refractivity contribution in [2.75, 3.05) is 13.2 Å². The number of ether oxygens (including phenoxy) is 2. The van der Waals surface area contributed by atoms with Crippen LogP contribution in [-0.2, 0) is 20.7 Å². The van der Waals surface area contributed by atoms with E-state index in [0.29, 0.717) is 23.1 Å². The molecule has 5 heteroatoms. The number of rotatable bonds is 5. The van der Waals surface area contributed by atoms with E-state index in [2.05, 4.69) is 0 Å². The van der Waals surface area contributed by atoms with Gasteiger partial charge in [0.25, 0.3) is 0 Å². The van der Waals surface area contributed by atoms with Gasteiger partial charge in [-0.2, -0.15) is 0 Å². The number of carbonyl (C=O) groups is 1. The fourth-order valence-electron chi connectivity index (χ4n) is 1.41. The van der Waals surface area contributed by atoms with Crippen molar-refractivity contribution in [1.29, 1.82) is 0 Å². The Bertz CT molecular complexity index is 439. The molecule has 0 unspecified atom stereocenters. The maximum atomic E-state index is 11.4. The van der Waals surface area contributed by atoms with Crippen LogP contribution in [0.5, 0.6) is 0 Å². The van der Waals surface area contributed by atoms with Gasteiger partial charge in [0.15, 0.2) is 0 Å². The van der Waals surface area contributed by atoms with Crippen molar-refractivity contribution in [3.05, 3.63) is 33.8 Å². The van der Waals surface area contributed by atoms with Crippen molar-refractivity contribution >= 4 is 29.2 Å². The van der Waals surface area contributed by atoms with Crippen molar-refractivity contribution < 1.29 is 14.3 Å². The van der Waals surface area contributed by atoms with Crippen LogP contribution in [0.25, 0.3) is 0 Å². The van der Waals surface area contributed by atoms with E-state index in [0.717, 1.165) is 5.56 Å². The Balaban J connectivity index is 2.27. The first kappa shape index (κ1) is 16.3. The van der Waals surface area contributed by atoms with Gasteiger partial charge in [-0.1, -0.05) is 29.3 Å². The molecule has 0 bridgehead atoms. The molecule has 0 atom stereocenters. The molecule has 0 saturated carbocycles. The quantitative estimate of drug-likeness (QED) is 0.611. The molecule has 1 aromatic rings. The molecule has 0 aliphatic carbocycles. The first-order valence-corrected chi connectivity index (χ1v) is 6.77. The van der Waals surface area contributed by atoms with Gasteiger partial charge >= 0.3 is 5.97 Å². The molecule has 1 aromatic carbocycles. The first-order chi connectivity index (χ1) is 8.78. The van der Waals surface area contributed by atoms with Crippen molar-refractivity contribution in [2.45, 2.75) is 32.8 Å². The summed E-state index contributed by atoms with van der Waals surface area (Å²) in [4.78, 5) is 11.4. The molecule has 0 saturated heterocycles. The van der Waals surface area contributed by atoms with E-state index in [1.807, 2.05) is 26.8 Å². The number of carbonyl (C=O) groups excluding carboxylic acids is 1. The highest BCUT2D eigenvalue weighted by Gasteiger charge is 2.15. The van der Waals surface area contributed by atoms with Gasteiger partial charge in [-0.15, -0.1) is 0 Å². The summed E-state index contributed by atoms with van der Waals surface area (Å²) in [6, 6.07) is 5.42. The molecule has 19 heavy (non-hydrogen) atoms. The van der Waals surface area contributed by atoms with Crippen LogP contribution < -0.4 is 0 Å². The Morgan fingerprint density at radius 3 is 2.47 bits per heavy atom. The predicted molar refractivity (Wildman–Crippen MR) is 76.8 cm³/mol. The van der Waals surface area contributed by atoms with Crippen LogP contribution in [0.15, 0.2) is 18.2 Å². The lowest BCUT2D eigenvalue weighted by Crippen LogP contribution is -2.26. The van der Waals surface area contributed by atoms with E-state index in [1.54, 1.807) is 12.1 Å². The first-order valence-electron chi connectivity index (χ1n) is 6.01. The Labute approximate surface area is 123 Å². The molecule has 1 rings (SSSR count). The summed E-state index contributed by atoms with van der Waals surface area (Å²) in [6.07, 6.45) is 0.666. The molecule has 3 nitrogen and oxygen atoms in total. The molecule has 0 aliphatic rings. The van der Waals surface area contributed by atoms with E-state index in [1.165, 1.54) is 0 Å². The highest BCUT2D eigenvalue weighted by Crippen LogP contribution is 2.22. The van der Waals surface area contributed by atoms with Crippen LogP contribution in [0.3, 0.4) is 0 Å². The second-order valence-corrected chi connectivity index (χ2v) is 5.95. The van der Waals surface area contributed by atoms with Gasteiger partial charge in [-0.3, -0.25) is 0 Å². The zero-order chi connectivity index (χ0) is 14.5. The second-order valence-electron chi connectivity index (χ2n) is 5.14. The molecule has 106 valence electrons. The smallest absolute Gasteiger partial charge is 0.332 e. The molecule has 0 spiro atoms. The van der Waals surface area contributed by atoms with Gasteiger partial charge in [-0.05, 0) is 44.9 Å². The summed E-state index contributed by atoms with van der Waals surface area (Å²) in [5, 5.41) is 1.05. The Morgan fingerprint density at radius 1 is 1.21 bits per heavy atom. The van der Waals surface area contributed by atoms with Crippen molar-refractivity contribution in [1.82, 2.24) is 0 Å². The molecule has 0 radical (unpaired) electrons. The SMILES string of the molecule is CC(C)(C)OC(=O)COCCc1ccc(Cl)c(Cl)c1. The lowest BCUT2D eigenvalue weighted by molar-refractivity contribution is -0.160. The van der Waals surface area contributed by atoms with E-state index < -0.39 is 5.60 Å². The van der Waals surface area contributed by atoms with Crippen LogP contribution in [0.1, 0.15) is 26.3 Å². The number of esters is 1. The minimum atomic E-state index is -0.482. The zero-order valence-corrected chi connectivity index (χ0v) is 12.8. The molecule has 0 N–H and O–H groups in total. The van der Waals surface area contributed by atoms with Gasteiger partial charge in [0.2, 0.25) is 0 Å². The highest BCUT2D eigenvalue weighted by atomic mass is 35.5. The van der Waals surface area contributed by atoms with Crippen LogP contribution in [0.4, 0.5) is 0 Å². The van der Waals surface area contributed by atoms with Gasteiger partial charge in [-0.25, -0.2) is 4.79 Å². The molecular weight excluding hydrogens is 287 g/mol. The normalized spacial score (nSPS) is 11.4. The van der Waals surface area contributed by atoms with Gasteiger partial charge in [0, 0.05) is 0 Å².